The summed E-state index contributed by atoms with van der Waals surface area (Å²) in [5.41, 5.74) is 0.741. The molecule has 1 fully saturated rings. The highest BCUT2D eigenvalue weighted by Gasteiger charge is 2.27. The number of anilines is 1. The van der Waals surface area contributed by atoms with E-state index in [1.54, 1.807) is 11.9 Å². The zero-order chi connectivity index (χ0) is 12.3. The van der Waals surface area contributed by atoms with E-state index in [0.717, 1.165) is 18.5 Å². The fourth-order valence-electron chi connectivity index (χ4n) is 1.97. The van der Waals surface area contributed by atoms with Gasteiger partial charge < -0.3 is 9.80 Å². The van der Waals surface area contributed by atoms with E-state index in [1.807, 2.05) is 30.3 Å². The van der Waals surface area contributed by atoms with Gasteiger partial charge in [-0.1, -0.05) is 18.2 Å². The third-order valence-corrected chi connectivity index (χ3v) is 3.02. The predicted molar refractivity (Wildman–Crippen MR) is 65.7 cm³/mol. The van der Waals surface area contributed by atoms with Gasteiger partial charge in [0.15, 0.2) is 0 Å². The Morgan fingerprint density at radius 2 is 1.71 bits per heavy atom. The van der Waals surface area contributed by atoms with Gasteiger partial charge in [-0.25, -0.2) is 0 Å². The summed E-state index contributed by atoms with van der Waals surface area (Å²) in [7, 11) is 1.63. The highest BCUT2D eigenvalue weighted by atomic mass is 16.2. The van der Waals surface area contributed by atoms with E-state index >= 15 is 0 Å². The van der Waals surface area contributed by atoms with Crippen molar-refractivity contribution in [2.75, 3.05) is 25.0 Å². The number of carbonyl (C=O) groups is 2. The van der Waals surface area contributed by atoms with Crippen molar-refractivity contribution in [3.63, 3.8) is 0 Å². The first-order chi connectivity index (χ1) is 8.20. The maximum atomic E-state index is 12.0. The number of benzene rings is 1. The van der Waals surface area contributed by atoms with Crippen LogP contribution in [-0.4, -0.2) is 36.9 Å². The summed E-state index contributed by atoms with van der Waals surface area (Å²) >= 11 is 0. The Kier molecular flexibility index (Phi) is 3.42. The number of nitrogens with zero attached hydrogens (tertiary/aromatic N) is 2. The van der Waals surface area contributed by atoms with E-state index < -0.39 is 11.8 Å². The van der Waals surface area contributed by atoms with E-state index in [0.29, 0.717) is 13.1 Å². The Balaban J connectivity index is 2.07. The number of carbonyl (C=O) groups excluding carboxylic acids is 2. The number of likely N-dealkylation sites (tertiary alicyclic amines) is 1. The lowest BCUT2D eigenvalue weighted by Gasteiger charge is -2.20. The lowest BCUT2D eigenvalue weighted by molar-refractivity contribution is -0.143. The summed E-state index contributed by atoms with van der Waals surface area (Å²) in [6.45, 7) is 1.40. The second kappa shape index (κ2) is 4.99. The maximum absolute atomic E-state index is 12.0. The number of likely N-dealkylation sites (N-methyl/N-ethyl adjacent to an activating group) is 1. The topological polar surface area (TPSA) is 40.6 Å². The molecule has 0 spiro atoms. The zero-order valence-electron chi connectivity index (χ0n) is 9.93. The third kappa shape index (κ3) is 2.46. The molecule has 1 saturated heterocycles. The molecule has 1 heterocycles. The van der Waals surface area contributed by atoms with Crippen molar-refractivity contribution in [1.82, 2.24) is 4.90 Å². The Hall–Kier alpha value is -1.84. The molecule has 0 aliphatic carbocycles. The van der Waals surface area contributed by atoms with Crippen LogP contribution in [-0.2, 0) is 9.59 Å². The molecule has 0 saturated carbocycles. The highest BCUT2D eigenvalue weighted by molar-refractivity contribution is 6.40. The number of hydrogen-bond donors (Lipinski definition) is 0. The second-order valence-corrected chi connectivity index (χ2v) is 4.20. The van der Waals surface area contributed by atoms with E-state index in [1.165, 1.54) is 4.90 Å². The SMILES string of the molecule is CN(C(=O)C(=O)N1CCCC1)c1ccccc1. The molecule has 0 N–H and O–H groups in total. The van der Waals surface area contributed by atoms with Gasteiger partial charge in [0.05, 0.1) is 0 Å². The van der Waals surface area contributed by atoms with Gasteiger partial charge in [-0.15, -0.1) is 0 Å². The van der Waals surface area contributed by atoms with Gasteiger partial charge in [-0.3, -0.25) is 9.59 Å². The molecular formula is C13H16N2O2. The van der Waals surface area contributed by atoms with Gasteiger partial charge in [0, 0.05) is 25.8 Å². The highest BCUT2D eigenvalue weighted by Crippen LogP contribution is 2.14. The number of hydrogen-bond acceptors (Lipinski definition) is 2. The molecule has 0 aromatic heterocycles. The first-order valence-electron chi connectivity index (χ1n) is 5.82. The predicted octanol–water partition coefficient (Wildman–Crippen LogP) is 1.27. The van der Waals surface area contributed by atoms with Crippen LogP contribution in [0.3, 0.4) is 0 Å². The molecule has 0 radical (unpaired) electrons. The minimum absolute atomic E-state index is 0.395. The quantitative estimate of drug-likeness (QED) is 0.684. The normalized spacial score (nSPS) is 14.8. The van der Waals surface area contributed by atoms with Crippen LogP contribution < -0.4 is 4.90 Å². The van der Waals surface area contributed by atoms with Crippen LogP contribution in [0.15, 0.2) is 30.3 Å². The van der Waals surface area contributed by atoms with E-state index in [-0.39, 0.29) is 0 Å². The summed E-state index contributed by atoms with van der Waals surface area (Å²) < 4.78 is 0. The van der Waals surface area contributed by atoms with Gasteiger partial charge in [0.1, 0.15) is 0 Å². The van der Waals surface area contributed by atoms with E-state index in [9.17, 15) is 9.59 Å². The molecule has 90 valence electrons. The number of para-hydroxylation sites is 1. The van der Waals surface area contributed by atoms with Gasteiger partial charge in [-0.05, 0) is 25.0 Å². The number of rotatable bonds is 1. The van der Waals surface area contributed by atoms with Gasteiger partial charge in [0.25, 0.3) is 0 Å². The zero-order valence-corrected chi connectivity index (χ0v) is 9.93. The second-order valence-electron chi connectivity index (χ2n) is 4.20. The van der Waals surface area contributed by atoms with Crippen LogP contribution in [0.4, 0.5) is 5.69 Å². The molecule has 1 aliphatic heterocycles. The Morgan fingerprint density at radius 1 is 1.12 bits per heavy atom. The fraction of sp³-hybridized carbons (Fsp3) is 0.385. The molecule has 1 aromatic rings. The van der Waals surface area contributed by atoms with Crippen LogP contribution in [0.5, 0.6) is 0 Å². The number of amides is 2. The summed E-state index contributed by atoms with van der Waals surface area (Å²) in [5, 5.41) is 0. The van der Waals surface area contributed by atoms with Crippen molar-refractivity contribution in [2.24, 2.45) is 0 Å². The first-order valence-corrected chi connectivity index (χ1v) is 5.82. The van der Waals surface area contributed by atoms with Crippen LogP contribution in [0.2, 0.25) is 0 Å². The van der Waals surface area contributed by atoms with Gasteiger partial charge in [0.2, 0.25) is 0 Å². The summed E-state index contributed by atoms with van der Waals surface area (Å²) in [4.78, 5) is 26.9. The molecule has 17 heavy (non-hydrogen) atoms. The van der Waals surface area contributed by atoms with E-state index in [4.69, 9.17) is 0 Å². The van der Waals surface area contributed by atoms with Crippen molar-refractivity contribution in [3.05, 3.63) is 30.3 Å². The monoisotopic (exact) mass is 232 g/mol. The average molecular weight is 232 g/mol. The molecule has 0 atom stereocenters. The molecule has 0 unspecified atom stereocenters. The van der Waals surface area contributed by atoms with Gasteiger partial charge >= 0.3 is 11.8 Å². The maximum Gasteiger partial charge on any atom is 0.316 e. The summed E-state index contributed by atoms with van der Waals surface area (Å²) in [6, 6.07) is 9.20. The minimum atomic E-state index is -0.460. The summed E-state index contributed by atoms with van der Waals surface area (Å²) in [5.74, 6) is -0.855. The molecular weight excluding hydrogens is 216 g/mol. The molecule has 0 bridgehead atoms. The van der Waals surface area contributed by atoms with Crippen molar-refractivity contribution < 1.29 is 9.59 Å². The van der Waals surface area contributed by atoms with Gasteiger partial charge in [-0.2, -0.15) is 0 Å². The Bertz CT molecular complexity index is 411. The van der Waals surface area contributed by atoms with E-state index in [2.05, 4.69) is 0 Å². The molecule has 4 heteroatoms. The lowest BCUT2D eigenvalue weighted by atomic mass is 10.3. The fourth-order valence-corrected chi connectivity index (χ4v) is 1.97. The van der Waals surface area contributed by atoms with Crippen LogP contribution >= 0.6 is 0 Å². The smallest absolute Gasteiger partial charge is 0.316 e. The van der Waals surface area contributed by atoms with Crippen molar-refractivity contribution in [2.45, 2.75) is 12.8 Å². The van der Waals surface area contributed by atoms with Crippen LogP contribution in [0.25, 0.3) is 0 Å². The van der Waals surface area contributed by atoms with Crippen molar-refractivity contribution in [3.8, 4) is 0 Å². The van der Waals surface area contributed by atoms with Crippen molar-refractivity contribution in [1.29, 1.82) is 0 Å². The molecule has 4 nitrogen and oxygen atoms in total. The summed E-state index contributed by atoms with van der Waals surface area (Å²) in [6.07, 6.45) is 1.99. The van der Waals surface area contributed by atoms with Crippen LogP contribution in [0, 0.1) is 0 Å². The molecule has 2 amide bonds. The van der Waals surface area contributed by atoms with Crippen LogP contribution in [0.1, 0.15) is 12.8 Å². The Morgan fingerprint density at radius 3 is 2.29 bits per heavy atom. The first kappa shape index (κ1) is 11.6. The average Bonchev–Trinajstić information content (AvgIpc) is 2.91. The standard InChI is InChI=1S/C13H16N2O2/c1-14(11-7-3-2-4-8-11)12(16)13(17)15-9-5-6-10-15/h2-4,7-8H,5-6,9-10H2,1H3. The minimum Gasteiger partial charge on any atom is -0.334 e. The van der Waals surface area contributed by atoms with Crippen molar-refractivity contribution >= 4 is 17.5 Å². The molecule has 2 rings (SSSR count). The third-order valence-electron chi connectivity index (χ3n) is 3.02. The molecule has 1 aromatic carbocycles. The molecule has 1 aliphatic rings. The Labute approximate surface area is 101 Å². The lowest BCUT2D eigenvalue weighted by Crippen LogP contribution is -2.42. The largest absolute Gasteiger partial charge is 0.334 e.